The van der Waals surface area contributed by atoms with Crippen molar-refractivity contribution in [1.29, 1.82) is 0 Å². The molecule has 1 aromatic rings. The first-order valence-electron chi connectivity index (χ1n) is 6.11. The average molecular weight is 237 g/mol. The Balaban J connectivity index is 2.49. The molecule has 0 bridgehead atoms. The molecule has 0 aliphatic carbocycles. The van der Waals surface area contributed by atoms with Crippen LogP contribution < -0.4 is 0 Å². The predicted octanol–water partition coefficient (Wildman–Crippen LogP) is 1.64. The van der Waals surface area contributed by atoms with E-state index in [0.29, 0.717) is 13.0 Å². The number of rotatable bonds is 7. The maximum absolute atomic E-state index is 9.71. The molecular formula is C14H23NO2. The van der Waals surface area contributed by atoms with Gasteiger partial charge in [0.15, 0.2) is 0 Å². The Morgan fingerprint density at radius 3 is 2.29 bits per heavy atom. The van der Waals surface area contributed by atoms with Gasteiger partial charge in [-0.3, -0.25) is 4.90 Å². The Morgan fingerprint density at radius 2 is 1.76 bits per heavy atom. The Kier molecular flexibility index (Phi) is 5.62. The highest BCUT2D eigenvalue weighted by molar-refractivity contribution is 5.14. The number of hydrogen-bond acceptors (Lipinski definition) is 3. The van der Waals surface area contributed by atoms with Gasteiger partial charge >= 0.3 is 0 Å². The van der Waals surface area contributed by atoms with Crippen LogP contribution in [0.25, 0.3) is 0 Å². The van der Waals surface area contributed by atoms with Gasteiger partial charge in [0, 0.05) is 19.6 Å². The van der Waals surface area contributed by atoms with E-state index in [1.165, 1.54) is 5.56 Å². The third-order valence-corrected chi connectivity index (χ3v) is 2.71. The minimum atomic E-state index is -0.648. The first kappa shape index (κ1) is 14.2. The average Bonchev–Trinajstić information content (AvgIpc) is 2.27. The van der Waals surface area contributed by atoms with Gasteiger partial charge in [-0.05, 0) is 25.8 Å². The first-order chi connectivity index (χ1) is 8.01. The van der Waals surface area contributed by atoms with E-state index in [0.717, 1.165) is 13.1 Å². The van der Waals surface area contributed by atoms with Crippen molar-refractivity contribution in [3.8, 4) is 0 Å². The minimum Gasteiger partial charge on any atom is -0.395 e. The van der Waals surface area contributed by atoms with E-state index in [2.05, 4.69) is 17.0 Å². The van der Waals surface area contributed by atoms with Gasteiger partial charge in [0.25, 0.3) is 0 Å². The zero-order valence-corrected chi connectivity index (χ0v) is 10.8. The predicted molar refractivity (Wildman–Crippen MR) is 69.7 cm³/mol. The van der Waals surface area contributed by atoms with Crippen molar-refractivity contribution in [2.75, 3.05) is 19.7 Å². The molecule has 0 atom stereocenters. The summed E-state index contributed by atoms with van der Waals surface area (Å²) in [7, 11) is 0. The van der Waals surface area contributed by atoms with Crippen LogP contribution in [0, 0.1) is 0 Å². The van der Waals surface area contributed by atoms with Crippen molar-refractivity contribution in [2.24, 2.45) is 0 Å². The molecule has 0 aliphatic heterocycles. The summed E-state index contributed by atoms with van der Waals surface area (Å²) in [5.41, 5.74) is 0.585. The third-order valence-electron chi connectivity index (χ3n) is 2.71. The molecule has 0 fully saturated rings. The topological polar surface area (TPSA) is 43.7 Å². The van der Waals surface area contributed by atoms with Gasteiger partial charge in [-0.15, -0.1) is 0 Å². The summed E-state index contributed by atoms with van der Waals surface area (Å²) in [4.78, 5) is 2.16. The molecule has 0 unspecified atom stereocenters. The van der Waals surface area contributed by atoms with Crippen molar-refractivity contribution < 1.29 is 10.2 Å². The van der Waals surface area contributed by atoms with Crippen LogP contribution in [0.15, 0.2) is 30.3 Å². The van der Waals surface area contributed by atoms with E-state index in [4.69, 9.17) is 5.11 Å². The summed E-state index contributed by atoms with van der Waals surface area (Å²) in [5, 5.41) is 18.8. The Hall–Kier alpha value is -0.900. The summed E-state index contributed by atoms with van der Waals surface area (Å²) in [6.45, 7) is 6.03. The molecule has 0 amide bonds. The van der Waals surface area contributed by atoms with E-state index in [1.807, 2.05) is 32.0 Å². The molecule has 0 saturated carbocycles. The monoisotopic (exact) mass is 237 g/mol. The Bertz CT molecular complexity index is 306. The maximum atomic E-state index is 9.71. The molecule has 0 aromatic heterocycles. The molecule has 96 valence electrons. The van der Waals surface area contributed by atoms with Gasteiger partial charge in [-0.1, -0.05) is 30.3 Å². The normalized spacial score (nSPS) is 12.1. The second kappa shape index (κ2) is 6.74. The fraction of sp³-hybridized carbons (Fsp3) is 0.571. The molecule has 17 heavy (non-hydrogen) atoms. The molecule has 2 N–H and O–H groups in total. The lowest BCUT2D eigenvalue weighted by Gasteiger charge is -2.25. The van der Waals surface area contributed by atoms with Gasteiger partial charge in [0.1, 0.15) is 0 Å². The summed E-state index contributed by atoms with van der Waals surface area (Å²) in [5.74, 6) is 0. The lowest BCUT2D eigenvalue weighted by atomic mass is 10.1. The molecule has 1 rings (SSSR count). The van der Waals surface area contributed by atoms with Gasteiger partial charge in [0.2, 0.25) is 0 Å². The van der Waals surface area contributed by atoms with Crippen LogP contribution in [0.1, 0.15) is 25.8 Å². The van der Waals surface area contributed by atoms with Crippen molar-refractivity contribution in [2.45, 2.75) is 32.4 Å². The van der Waals surface area contributed by atoms with E-state index >= 15 is 0 Å². The summed E-state index contributed by atoms with van der Waals surface area (Å²) < 4.78 is 0. The summed E-state index contributed by atoms with van der Waals surface area (Å²) >= 11 is 0. The Morgan fingerprint density at radius 1 is 1.12 bits per heavy atom. The van der Waals surface area contributed by atoms with E-state index < -0.39 is 5.60 Å². The number of aliphatic hydroxyl groups is 2. The third kappa shape index (κ3) is 6.41. The molecule has 1 aromatic carbocycles. The van der Waals surface area contributed by atoms with Crippen molar-refractivity contribution in [3.63, 3.8) is 0 Å². The SMILES string of the molecule is CC(C)(O)CCN(CCO)Cc1ccccc1. The molecule has 0 radical (unpaired) electrons. The van der Waals surface area contributed by atoms with Crippen LogP contribution >= 0.6 is 0 Å². The second-order valence-electron chi connectivity index (χ2n) is 5.05. The van der Waals surface area contributed by atoms with Crippen molar-refractivity contribution in [1.82, 2.24) is 4.90 Å². The standard InChI is InChI=1S/C14H23NO2/c1-14(2,17)8-9-15(10-11-16)12-13-6-4-3-5-7-13/h3-7,16-17H,8-12H2,1-2H3. The first-order valence-corrected chi connectivity index (χ1v) is 6.11. The number of hydrogen-bond donors (Lipinski definition) is 2. The van der Waals surface area contributed by atoms with Gasteiger partial charge in [0.05, 0.1) is 12.2 Å². The number of benzene rings is 1. The van der Waals surface area contributed by atoms with E-state index in [-0.39, 0.29) is 6.61 Å². The van der Waals surface area contributed by atoms with Crippen molar-refractivity contribution >= 4 is 0 Å². The van der Waals surface area contributed by atoms with Crippen LogP contribution in [0.4, 0.5) is 0 Å². The summed E-state index contributed by atoms with van der Waals surface area (Å²) in [6.07, 6.45) is 0.708. The molecule has 0 spiro atoms. The highest BCUT2D eigenvalue weighted by Crippen LogP contribution is 2.11. The highest BCUT2D eigenvalue weighted by atomic mass is 16.3. The zero-order valence-electron chi connectivity index (χ0n) is 10.8. The Labute approximate surface area is 104 Å². The van der Waals surface area contributed by atoms with Gasteiger partial charge < -0.3 is 10.2 Å². The zero-order chi connectivity index (χ0) is 12.7. The van der Waals surface area contributed by atoms with Crippen LogP contribution in [0.2, 0.25) is 0 Å². The highest BCUT2D eigenvalue weighted by Gasteiger charge is 2.15. The fourth-order valence-electron chi connectivity index (χ4n) is 1.68. The van der Waals surface area contributed by atoms with Crippen LogP contribution in [0.3, 0.4) is 0 Å². The number of aliphatic hydroxyl groups excluding tert-OH is 1. The molecular weight excluding hydrogens is 214 g/mol. The molecule has 3 nitrogen and oxygen atoms in total. The van der Waals surface area contributed by atoms with Crippen molar-refractivity contribution in [3.05, 3.63) is 35.9 Å². The second-order valence-corrected chi connectivity index (χ2v) is 5.05. The summed E-state index contributed by atoms with van der Waals surface area (Å²) in [6, 6.07) is 10.2. The van der Waals surface area contributed by atoms with Gasteiger partial charge in [-0.2, -0.15) is 0 Å². The lowest BCUT2D eigenvalue weighted by Crippen LogP contribution is -2.32. The fourth-order valence-corrected chi connectivity index (χ4v) is 1.68. The van der Waals surface area contributed by atoms with Crippen LogP contribution in [-0.4, -0.2) is 40.4 Å². The van der Waals surface area contributed by atoms with E-state index in [9.17, 15) is 5.11 Å². The molecule has 0 heterocycles. The maximum Gasteiger partial charge on any atom is 0.0603 e. The van der Waals surface area contributed by atoms with Gasteiger partial charge in [-0.25, -0.2) is 0 Å². The quantitative estimate of drug-likeness (QED) is 0.757. The molecule has 0 aliphatic rings. The van der Waals surface area contributed by atoms with Crippen LogP contribution in [-0.2, 0) is 6.54 Å². The van der Waals surface area contributed by atoms with Crippen LogP contribution in [0.5, 0.6) is 0 Å². The molecule has 3 heteroatoms. The largest absolute Gasteiger partial charge is 0.395 e. The number of nitrogens with zero attached hydrogens (tertiary/aromatic N) is 1. The molecule has 0 saturated heterocycles. The van der Waals surface area contributed by atoms with E-state index in [1.54, 1.807) is 0 Å². The lowest BCUT2D eigenvalue weighted by molar-refractivity contribution is 0.0537. The minimum absolute atomic E-state index is 0.151. The smallest absolute Gasteiger partial charge is 0.0603 e.